The van der Waals surface area contributed by atoms with Gasteiger partial charge in [-0.15, -0.1) is 5.10 Å². The number of carbonyl (C=O) groups excluding carboxylic acids is 1. The second-order valence-corrected chi connectivity index (χ2v) is 3.60. The molecule has 0 aromatic carbocycles. The van der Waals surface area contributed by atoms with Crippen LogP contribution < -0.4 is 0 Å². The van der Waals surface area contributed by atoms with Gasteiger partial charge in [0.25, 0.3) is 5.91 Å². The highest BCUT2D eigenvalue weighted by Gasteiger charge is 2.21. The van der Waals surface area contributed by atoms with Gasteiger partial charge in [0.1, 0.15) is 5.82 Å². The van der Waals surface area contributed by atoms with E-state index in [1.165, 1.54) is 6.42 Å². The molecule has 76 valence electrons. The molecule has 1 amide bonds. The standard InChI is InChI=1S/C9H14N4O/c1-7-10-8(12-11-7)9(14)13-5-3-2-4-6-13/h2-6H2,1H3,(H,10,11,12). The number of carbonyl (C=O) groups is 1. The molecule has 1 aromatic heterocycles. The van der Waals surface area contributed by atoms with Crippen molar-refractivity contribution in [1.82, 2.24) is 20.1 Å². The van der Waals surface area contributed by atoms with Gasteiger partial charge in [-0.3, -0.25) is 9.89 Å². The summed E-state index contributed by atoms with van der Waals surface area (Å²) in [5.74, 6) is 0.934. The molecule has 0 unspecified atom stereocenters. The highest BCUT2D eigenvalue weighted by Crippen LogP contribution is 2.10. The summed E-state index contributed by atoms with van der Waals surface area (Å²) >= 11 is 0. The molecule has 1 aliphatic heterocycles. The lowest BCUT2D eigenvalue weighted by molar-refractivity contribution is 0.0712. The molecule has 1 N–H and O–H groups in total. The summed E-state index contributed by atoms with van der Waals surface area (Å²) in [6.45, 7) is 3.47. The minimum absolute atomic E-state index is 0.0472. The summed E-state index contributed by atoms with van der Waals surface area (Å²) in [5.41, 5.74) is 0. The van der Waals surface area contributed by atoms with E-state index in [-0.39, 0.29) is 5.91 Å². The predicted octanol–water partition coefficient (Wildman–Crippen LogP) is 0.739. The number of amides is 1. The summed E-state index contributed by atoms with van der Waals surface area (Å²) in [5, 5.41) is 6.54. The normalized spacial score (nSPS) is 17.1. The van der Waals surface area contributed by atoms with Crippen molar-refractivity contribution in [3.05, 3.63) is 11.6 Å². The number of nitrogens with zero attached hydrogens (tertiary/aromatic N) is 3. The summed E-state index contributed by atoms with van der Waals surface area (Å²) in [4.78, 5) is 17.6. The van der Waals surface area contributed by atoms with Gasteiger partial charge in [-0.2, -0.15) is 0 Å². The van der Waals surface area contributed by atoms with Gasteiger partial charge in [0.2, 0.25) is 5.82 Å². The summed E-state index contributed by atoms with van der Waals surface area (Å²) < 4.78 is 0. The molecule has 5 nitrogen and oxygen atoms in total. The minimum atomic E-state index is -0.0472. The summed E-state index contributed by atoms with van der Waals surface area (Å²) in [7, 11) is 0. The molecule has 2 rings (SSSR count). The number of hydrogen-bond donors (Lipinski definition) is 1. The Labute approximate surface area is 82.5 Å². The number of hydrogen-bond acceptors (Lipinski definition) is 3. The number of aryl methyl sites for hydroxylation is 1. The molecule has 5 heteroatoms. The third kappa shape index (κ3) is 1.76. The van der Waals surface area contributed by atoms with Crippen molar-refractivity contribution in [3.8, 4) is 0 Å². The highest BCUT2D eigenvalue weighted by molar-refractivity contribution is 5.90. The lowest BCUT2D eigenvalue weighted by Gasteiger charge is -2.25. The van der Waals surface area contributed by atoms with Crippen LogP contribution in [0.15, 0.2) is 0 Å². The van der Waals surface area contributed by atoms with Crippen molar-refractivity contribution in [2.75, 3.05) is 13.1 Å². The molecule has 0 saturated carbocycles. The summed E-state index contributed by atoms with van der Waals surface area (Å²) in [6.07, 6.45) is 3.40. The monoisotopic (exact) mass is 194 g/mol. The first-order chi connectivity index (χ1) is 6.77. The predicted molar refractivity (Wildman–Crippen MR) is 50.9 cm³/mol. The fraction of sp³-hybridized carbons (Fsp3) is 0.667. The molecular weight excluding hydrogens is 180 g/mol. The molecule has 1 fully saturated rings. The smallest absolute Gasteiger partial charge is 0.293 e. The minimum Gasteiger partial charge on any atom is -0.336 e. The lowest BCUT2D eigenvalue weighted by atomic mass is 10.1. The van der Waals surface area contributed by atoms with Crippen LogP contribution in [0, 0.1) is 6.92 Å². The average molecular weight is 194 g/mol. The van der Waals surface area contributed by atoms with E-state index in [1.807, 2.05) is 4.90 Å². The zero-order valence-electron chi connectivity index (χ0n) is 8.29. The first kappa shape index (κ1) is 9.18. The number of likely N-dealkylation sites (tertiary alicyclic amines) is 1. The number of H-pyrrole nitrogens is 1. The SMILES string of the molecule is Cc1nc(C(=O)N2CCCCC2)n[nH]1. The van der Waals surface area contributed by atoms with E-state index in [1.54, 1.807) is 6.92 Å². The molecule has 14 heavy (non-hydrogen) atoms. The van der Waals surface area contributed by atoms with Crippen molar-refractivity contribution < 1.29 is 4.79 Å². The number of rotatable bonds is 1. The van der Waals surface area contributed by atoms with Crippen molar-refractivity contribution in [2.24, 2.45) is 0 Å². The first-order valence-electron chi connectivity index (χ1n) is 4.95. The number of nitrogens with one attached hydrogen (secondary N) is 1. The number of aromatic nitrogens is 3. The van der Waals surface area contributed by atoms with Gasteiger partial charge in [0, 0.05) is 13.1 Å². The Bertz CT molecular complexity index is 327. The van der Waals surface area contributed by atoms with Crippen LogP contribution >= 0.6 is 0 Å². The third-order valence-corrected chi connectivity index (χ3v) is 2.43. The molecular formula is C9H14N4O. The van der Waals surface area contributed by atoms with E-state index >= 15 is 0 Å². The third-order valence-electron chi connectivity index (χ3n) is 2.43. The van der Waals surface area contributed by atoms with Crippen molar-refractivity contribution >= 4 is 5.91 Å². The van der Waals surface area contributed by atoms with Crippen LogP contribution in [0.1, 0.15) is 35.7 Å². The van der Waals surface area contributed by atoms with Crippen molar-refractivity contribution in [2.45, 2.75) is 26.2 Å². The summed E-state index contributed by atoms with van der Waals surface area (Å²) in [6, 6.07) is 0. The van der Waals surface area contributed by atoms with Crippen LogP contribution in [0.3, 0.4) is 0 Å². The van der Waals surface area contributed by atoms with E-state index in [9.17, 15) is 4.79 Å². The molecule has 1 aromatic rings. The maximum Gasteiger partial charge on any atom is 0.293 e. The fourth-order valence-corrected chi connectivity index (χ4v) is 1.68. The van der Waals surface area contributed by atoms with Gasteiger partial charge < -0.3 is 4.90 Å². The Balaban J connectivity index is 2.07. The Morgan fingerprint density at radius 2 is 2.07 bits per heavy atom. The Morgan fingerprint density at radius 3 is 2.64 bits per heavy atom. The van der Waals surface area contributed by atoms with E-state index in [0.29, 0.717) is 11.6 Å². The average Bonchev–Trinajstić information content (AvgIpc) is 2.65. The van der Waals surface area contributed by atoms with E-state index in [4.69, 9.17) is 0 Å². The molecule has 0 atom stereocenters. The zero-order valence-corrected chi connectivity index (χ0v) is 8.29. The second kappa shape index (κ2) is 3.77. The van der Waals surface area contributed by atoms with Gasteiger partial charge >= 0.3 is 0 Å². The van der Waals surface area contributed by atoms with Gasteiger partial charge in [-0.05, 0) is 26.2 Å². The van der Waals surface area contributed by atoms with Crippen LogP contribution in [-0.2, 0) is 0 Å². The van der Waals surface area contributed by atoms with Crippen molar-refractivity contribution in [1.29, 1.82) is 0 Å². The van der Waals surface area contributed by atoms with E-state index < -0.39 is 0 Å². The van der Waals surface area contributed by atoms with Crippen LogP contribution in [0.4, 0.5) is 0 Å². The van der Waals surface area contributed by atoms with Gasteiger partial charge in [0.05, 0.1) is 0 Å². The lowest BCUT2D eigenvalue weighted by Crippen LogP contribution is -2.36. The maximum atomic E-state index is 11.8. The van der Waals surface area contributed by atoms with Crippen LogP contribution in [0.2, 0.25) is 0 Å². The molecule has 2 heterocycles. The van der Waals surface area contributed by atoms with E-state index in [2.05, 4.69) is 15.2 Å². The van der Waals surface area contributed by atoms with Gasteiger partial charge in [-0.1, -0.05) is 0 Å². The molecule has 1 aliphatic rings. The Kier molecular flexibility index (Phi) is 2.47. The second-order valence-electron chi connectivity index (χ2n) is 3.60. The molecule has 0 bridgehead atoms. The Morgan fingerprint density at radius 1 is 1.36 bits per heavy atom. The highest BCUT2D eigenvalue weighted by atomic mass is 16.2. The number of aromatic amines is 1. The first-order valence-corrected chi connectivity index (χ1v) is 4.95. The maximum absolute atomic E-state index is 11.8. The largest absolute Gasteiger partial charge is 0.336 e. The fourth-order valence-electron chi connectivity index (χ4n) is 1.68. The Hall–Kier alpha value is -1.39. The van der Waals surface area contributed by atoms with Crippen LogP contribution in [0.5, 0.6) is 0 Å². The van der Waals surface area contributed by atoms with Crippen LogP contribution in [0.25, 0.3) is 0 Å². The molecule has 1 saturated heterocycles. The topological polar surface area (TPSA) is 61.9 Å². The van der Waals surface area contributed by atoms with E-state index in [0.717, 1.165) is 25.9 Å². The molecule has 0 spiro atoms. The molecule has 0 radical (unpaired) electrons. The van der Waals surface area contributed by atoms with Gasteiger partial charge in [0.15, 0.2) is 0 Å². The number of piperidine rings is 1. The quantitative estimate of drug-likeness (QED) is 0.717. The molecule has 0 aliphatic carbocycles. The van der Waals surface area contributed by atoms with Crippen LogP contribution in [-0.4, -0.2) is 39.1 Å². The van der Waals surface area contributed by atoms with Crippen molar-refractivity contribution in [3.63, 3.8) is 0 Å². The van der Waals surface area contributed by atoms with Gasteiger partial charge in [-0.25, -0.2) is 4.98 Å². The zero-order chi connectivity index (χ0) is 9.97.